The molecule has 7 heteroatoms. The molecule has 32 heavy (non-hydrogen) atoms. The normalized spacial score (nSPS) is 11.1. The molecule has 5 nitrogen and oxygen atoms in total. The Morgan fingerprint density at radius 1 is 1.00 bits per heavy atom. The number of rotatable bonds is 6. The summed E-state index contributed by atoms with van der Waals surface area (Å²) in [4.78, 5) is 27.7. The third-order valence-electron chi connectivity index (χ3n) is 4.77. The molecule has 3 aromatic rings. The largest absolute Gasteiger partial charge is 0.378 e. The van der Waals surface area contributed by atoms with Crippen LogP contribution in [-0.2, 0) is 4.79 Å². The first-order valence-corrected chi connectivity index (χ1v) is 10.2. The fourth-order valence-corrected chi connectivity index (χ4v) is 3.21. The lowest BCUT2D eigenvalue weighted by atomic mass is 10.1. The highest BCUT2D eigenvalue weighted by Crippen LogP contribution is 2.21. The Hall–Kier alpha value is -3.64. The number of hydrogen-bond acceptors (Lipinski definition) is 3. The lowest BCUT2D eigenvalue weighted by molar-refractivity contribution is -0.113. The highest BCUT2D eigenvalue weighted by molar-refractivity contribution is 6.30. The number of nitrogens with zero attached hydrogens (tertiary/aromatic N) is 1. The van der Waals surface area contributed by atoms with E-state index in [2.05, 4.69) is 10.6 Å². The maximum Gasteiger partial charge on any atom is 0.272 e. The van der Waals surface area contributed by atoms with Crippen molar-refractivity contribution in [1.29, 1.82) is 0 Å². The van der Waals surface area contributed by atoms with Crippen LogP contribution >= 0.6 is 11.6 Å². The molecular weight excluding hydrogens is 429 g/mol. The number of benzene rings is 3. The van der Waals surface area contributed by atoms with Gasteiger partial charge in [-0.05, 0) is 66.6 Å². The molecule has 0 aliphatic rings. The van der Waals surface area contributed by atoms with Crippen LogP contribution in [0.4, 0.5) is 15.8 Å². The van der Waals surface area contributed by atoms with E-state index in [1.54, 1.807) is 30.3 Å². The average Bonchev–Trinajstić information content (AvgIpc) is 2.75. The summed E-state index contributed by atoms with van der Waals surface area (Å²) in [5, 5.41) is 5.87. The standard InChI is InChI=1S/C25H23ClFN3O2/c1-16-14-18(26)10-13-22(16)28-25(32)23(15-17-8-11-19(12-9-17)30(2)3)29-24(31)20-6-4-5-7-21(20)27/h4-15H,1-3H3,(H,28,32)(H,29,31). The number of halogens is 2. The third-order valence-corrected chi connectivity index (χ3v) is 5.00. The van der Waals surface area contributed by atoms with E-state index in [0.29, 0.717) is 16.3 Å². The van der Waals surface area contributed by atoms with Gasteiger partial charge in [0.05, 0.1) is 5.56 Å². The Kier molecular flexibility index (Phi) is 7.28. The maximum atomic E-state index is 14.1. The van der Waals surface area contributed by atoms with Crippen molar-refractivity contribution in [3.63, 3.8) is 0 Å². The molecule has 0 aliphatic heterocycles. The summed E-state index contributed by atoms with van der Waals surface area (Å²) < 4.78 is 14.1. The predicted octanol–water partition coefficient (Wildman–Crippen LogP) is 5.26. The van der Waals surface area contributed by atoms with Gasteiger partial charge in [0.15, 0.2) is 0 Å². The summed E-state index contributed by atoms with van der Waals surface area (Å²) in [6.45, 7) is 1.81. The SMILES string of the molecule is Cc1cc(Cl)ccc1NC(=O)C(=Cc1ccc(N(C)C)cc1)NC(=O)c1ccccc1F. The van der Waals surface area contributed by atoms with Crippen LogP contribution in [0.5, 0.6) is 0 Å². The second-order valence-corrected chi connectivity index (χ2v) is 7.83. The Morgan fingerprint density at radius 3 is 2.31 bits per heavy atom. The average molecular weight is 452 g/mol. The molecule has 0 saturated carbocycles. The van der Waals surface area contributed by atoms with Gasteiger partial charge in [-0.1, -0.05) is 35.9 Å². The highest BCUT2D eigenvalue weighted by atomic mass is 35.5. The molecule has 0 fully saturated rings. The van der Waals surface area contributed by atoms with Crippen LogP contribution in [0, 0.1) is 12.7 Å². The van der Waals surface area contributed by atoms with Crippen molar-refractivity contribution >= 4 is 40.9 Å². The van der Waals surface area contributed by atoms with Gasteiger partial charge >= 0.3 is 0 Å². The molecule has 2 amide bonds. The molecule has 2 N–H and O–H groups in total. The Morgan fingerprint density at radius 2 is 1.69 bits per heavy atom. The molecule has 0 radical (unpaired) electrons. The van der Waals surface area contributed by atoms with Crippen molar-refractivity contribution < 1.29 is 14.0 Å². The summed E-state index contributed by atoms with van der Waals surface area (Å²) in [6.07, 6.45) is 1.54. The van der Waals surface area contributed by atoms with Crippen LogP contribution in [0.25, 0.3) is 6.08 Å². The summed E-state index contributed by atoms with van der Waals surface area (Å²) >= 11 is 5.99. The van der Waals surface area contributed by atoms with Crippen molar-refractivity contribution in [2.75, 3.05) is 24.3 Å². The molecule has 0 spiro atoms. The van der Waals surface area contributed by atoms with Crippen LogP contribution in [-0.4, -0.2) is 25.9 Å². The molecule has 3 rings (SSSR count). The zero-order valence-corrected chi connectivity index (χ0v) is 18.7. The number of nitrogens with one attached hydrogen (secondary N) is 2. The summed E-state index contributed by atoms with van der Waals surface area (Å²) in [6, 6.07) is 18.1. The molecule has 0 heterocycles. The molecular formula is C25H23ClFN3O2. The Balaban J connectivity index is 1.93. The van der Waals surface area contributed by atoms with Crippen LogP contribution in [0.2, 0.25) is 5.02 Å². The van der Waals surface area contributed by atoms with E-state index in [4.69, 9.17) is 11.6 Å². The monoisotopic (exact) mass is 451 g/mol. The van der Waals surface area contributed by atoms with Crippen molar-refractivity contribution in [3.8, 4) is 0 Å². The Labute approximate surface area is 191 Å². The molecule has 0 unspecified atom stereocenters. The number of amides is 2. The summed E-state index contributed by atoms with van der Waals surface area (Å²) in [7, 11) is 3.85. The van der Waals surface area contributed by atoms with Gasteiger partial charge in [-0.25, -0.2) is 4.39 Å². The van der Waals surface area contributed by atoms with E-state index in [9.17, 15) is 14.0 Å². The first-order chi connectivity index (χ1) is 15.2. The molecule has 0 bridgehead atoms. The van der Waals surface area contributed by atoms with E-state index in [0.717, 1.165) is 11.3 Å². The topological polar surface area (TPSA) is 61.4 Å². The minimum atomic E-state index is -0.720. The van der Waals surface area contributed by atoms with Gasteiger partial charge in [0.2, 0.25) is 0 Å². The number of carbonyl (C=O) groups excluding carboxylic acids is 2. The van der Waals surface area contributed by atoms with Gasteiger partial charge in [-0.15, -0.1) is 0 Å². The molecule has 0 aliphatic carbocycles. The lowest BCUT2D eigenvalue weighted by Crippen LogP contribution is -2.31. The van der Waals surface area contributed by atoms with Gasteiger partial charge < -0.3 is 15.5 Å². The fraction of sp³-hybridized carbons (Fsp3) is 0.120. The predicted molar refractivity (Wildman–Crippen MR) is 127 cm³/mol. The number of aryl methyl sites for hydroxylation is 1. The lowest BCUT2D eigenvalue weighted by Gasteiger charge is -2.14. The van der Waals surface area contributed by atoms with Gasteiger partial charge in [-0.3, -0.25) is 9.59 Å². The van der Waals surface area contributed by atoms with Crippen LogP contribution in [0.3, 0.4) is 0 Å². The molecule has 0 aromatic heterocycles. The van der Waals surface area contributed by atoms with Crippen molar-refractivity contribution in [1.82, 2.24) is 5.32 Å². The maximum absolute atomic E-state index is 14.1. The fourth-order valence-electron chi connectivity index (χ4n) is 2.99. The zero-order chi connectivity index (χ0) is 23.3. The number of anilines is 2. The van der Waals surface area contributed by atoms with Crippen LogP contribution < -0.4 is 15.5 Å². The van der Waals surface area contributed by atoms with Crippen molar-refractivity contribution in [3.05, 3.63) is 100.0 Å². The minimum absolute atomic E-state index is 0.0230. The summed E-state index contributed by atoms with van der Waals surface area (Å²) in [5.74, 6) is -1.94. The van der Waals surface area contributed by atoms with E-state index >= 15 is 0 Å². The van der Waals surface area contributed by atoms with E-state index in [1.165, 1.54) is 18.2 Å². The van der Waals surface area contributed by atoms with Gasteiger partial charge in [-0.2, -0.15) is 0 Å². The number of carbonyl (C=O) groups is 2. The second-order valence-electron chi connectivity index (χ2n) is 7.39. The second kappa shape index (κ2) is 10.1. The van der Waals surface area contributed by atoms with Gasteiger partial charge in [0.1, 0.15) is 11.5 Å². The van der Waals surface area contributed by atoms with Crippen molar-refractivity contribution in [2.24, 2.45) is 0 Å². The first kappa shape index (κ1) is 23.0. The molecule has 3 aromatic carbocycles. The Bertz CT molecular complexity index is 1170. The van der Waals surface area contributed by atoms with Crippen molar-refractivity contribution in [2.45, 2.75) is 6.92 Å². The molecule has 0 atom stereocenters. The van der Waals surface area contributed by atoms with E-state index in [-0.39, 0.29) is 11.3 Å². The number of hydrogen-bond donors (Lipinski definition) is 2. The van der Waals surface area contributed by atoms with Crippen LogP contribution in [0.15, 0.2) is 72.4 Å². The van der Waals surface area contributed by atoms with E-state index in [1.807, 2.05) is 50.2 Å². The van der Waals surface area contributed by atoms with Crippen LogP contribution in [0.1, 0.15) is 21.5 Å². The highest BCUT2D eigenvalue weighted by Gasteiger charge is 2.18. The molecule has 164 valence electrons. The quantitative estimate of drug-likeness (QED) is 0.502. The first-order valence-electron chi connectivity index (χ1n) is 9.87. The molecule has 0 saturated heterocycles. The minimum Gasteiger partial charge on any atom is -0.378 e. The van der Waals surface area contributed by atoms with Gasteiger partial charge in [0, 0.05) is 30.5 Å². The summed E-state index contributed by atoms with van der Waals surface area (Å²) in [5.41, 5.74) is 2.82. The zero-order valence-electron chi connectivity index (χ0n) is 17.9. The third kappa shape index (κ3) is 5.74. The van der Waals surface area contributed by atoms with Gasteiger partial charge in [0.25, 0.3) is 11.8 Å². The van der Waals surface area contributed by atoms with E-state index < -0.39 is 17.6 Å². The smallest absolute Gasteiger partial charge is 0.272 e.